The van der Waals surface area contributed by atoms with Crippen LogP contribution in [0.5, 0.6) is 5.75 Å². The highest BCUT2D eigenvalue weighted by Crippen LogP contribution is 2.43. The number of fused-ring (bicyclic) bond motifs is 3. The lowest BCUT2D eigenvalue weighted by atomic mass is 9.68. The number of methoxy groups -OCH3 is 1. The molecule has 8 heteroatoms. The van der Waals surface area contributed by atoms with E-state index in [0.717, 1.165) is 41.7 Å². The first-order chi connectivity index (χ1) is 17.1. The maximum Gasteiger partial charge on any atom is 0.159 e. The Morgan fingerprint density at radius 2 is 1.94 bits per heavy atom. The molecule has 1 aromatic heterocycles. The summed E-state index contributed by atoms with van der Waals surface area (Å²) in [6.45, 7) is 2.64. The number of piperidine rings is 1. The summed E-state index contributed by atoms with van der Waals surface area (Å²) in [6.07, 6.45) is 4.55. The Labute approximate surface area is 210 Å². The number of aliphatic hydroxyl groups is 1. The van der Waals surface area contributed by atoms with E-state index in [9.17, 15) is 10.4 Å². The molecule has 2 unspecified atom stereocenters. The Morgan fingerprint density at radius 3 is 2.63 bits per heavy atom. The minimum Gasteiger partial charge on any atom is -0.495 e. The van der Waals surface area contributed by atoms with Crippen LogP contribution in [0, 0.1) is 29.1 Å². The van der Waals surface area contributed by atoms with Gasteiger partial charge in [-0.2, -0.15) is 5.26 Å². The number of nitrogens with one attached hydrogen (secondary N) is 1. The number of nitriles is 1. The molecule has 2 aromatic carbocycles. The van der Waals surface area contributed by atoms with E-state index in [1.807, 2.05) is 36.4 Å². The normalized spacial score (nSPS) is 21.5. The molecular weight excluding hydrogens is 462 g/mol. The van der Waals surface area contributed by atoms with Crippen LogP contribution in [0.4, 0.5) is 11.6 Å². The van der Waals surface area contributed by atoms with Crippen LogP contribution in [0.15, 0.2) is 36.4 Å². The van der Waals surface area contributed by atoms with Crippen molar-refractivity contribution < 1.29 is 9.84 Å². The van der Waals surface area contributed by atoms with E-state index in [1.165, 1.54) is 19.3 Å². The predicted molar refractivity (Wildman–Crippen MR) is 138 cm³/mol. The minimum absolute atomic E-state index is 0.261. The molecule has 35 heavy (non-hydrogen) atoms. The summed E-state index contributed by atoms with van der Waals surface area (Å²) in [4.78, 5) is 2.37. The second-order valence-corrected chi connectivity index (χ2v) is 10.0. The molecule has 1 aliphatic heterocycles. The van der Waals surface area contributed by atoms with Gasteiger partial charge in [0.2, 0.25) is 0 Å². The molecule has 182 valence electrons. The fourth-order valence-electron chi connectivity index (χ4n) is 5.92. The van der Waals surface area contributed by atoms with Gasteiger partial charge in [-0.25, -0.2) is 0 Å². The van der Waals surface area contributed by atoms with Crippen molar-refractivity contribution in [1.29, 1.82) is 5.26 Å². The van der Waals surface area contributed by atoms with Gasteiger partial charge >= 0.3 is 0 Å². The van der Waals surface area contributed by atoms with Gasteiger partial charge < -0.3 is 20.1 Å². The summed E-state index contributed by atoms with van der Waals surface area (Å²) >= 11 is 6.29. The number of nitrogens with zero attached hydrogens (tertiary/aromatic N) is 4. The molecule has 2 atom stereocenters. The Morgan fingerprint density at radius 1 is 1.14 bits per heavy atom. The fraction of sp³-hybridized carbons (Fsp3) is 0.444. The van der Waals surface area contributed by atoms with E-state index < -0.39 is 0 Å². The van der Waals surface area contributed by atoms with Crippen LogP contribution in [0.3, 0.4) is 0 Å². The van der Waals surface area contributed by atoms with E-state index in [-0.39, 0.29) is 6.61 Å². The average Bonchev–Trinajstić information content (AvgIpc) is 2.87. The zero-order valence-corrected chi connectivity index (χ0v) is 20.6. The molecule has 0 radical (unpaired) electrons. The average molecular weight is 492 g/mol. The van der Waals surface area contributed by atoms with Crippen LogP contribution in [0.2, 0.25) is 5.02 Å². The van der Waals surface area contributed by atoms with E-state index in [2.05, 4.69) is 26.5 Å². The van der Waals surface area contributed by atoms with Crippen molar-refractivity contribution in [3.05, 3.63) is 52.5 Å². The lowest BCUT2D eigenvalue weighted by Gasteiger charge is -2.48. The van der Waals surface area contributed by atoms with Gasteiger partial charge in [0.1, 0.15) is 5.75 Å². The van der Waals surface area contributed by atoms with Crippen molar-refractivity contribution in [2.75, 3.05) is 37.0 Å². The van der Waals surface area contributed by atoms with E-state index in [1.54, 1.807) is 7.11 Å². The molecule has 0 spiro atoms. The SMILES string of the molecule is COc1ccc(CNc2nnc(N3CC4CCCC(C3)C4CCO)c3ccc(C#N)cc23)cc1Cl. The number of benzene rings is 2. The van der Waals surface area contributed by atoms with Gasteiger partial charge in [-0.1, -0.05) is 24.1 Å². The summed E-state index contributed by atoms with van der Waals surface area (Å²) in [5.74, 6) is 3.89. The second kappa shape index (κ2) is 10.3. The van der Waals surface area contributed by atoms with Gasteiger partial charge in [0.25, 0.3) is 0 Å². The van der Waals surface area contributed by atoms with Gasteiger partial charge in [-0.05, 0) is 72.9 Å². The highest BCUT2D eigenvalue weighted by atomic mass is 35.5. The molecule has 3 aromatic rings. The number of ether oxygens (including phenoxy) is 1. The fourth-order valence-corrected chi connectivity index (χ4v) is 6.20. The van der Waals surface area contributed by atoms with E-state index in [4.69, 9.17) is 16.3 Å². The molecule has 1 saturated carbocycles. The van der Waals surface area contributed by atoms with Gasteiger partial charge in [0, 0.05) is 37.0 Å². The molecule has 2 bridgehead atoms. The topological polar surface area (TPSA) is 94.3 Å². The summed E-state index contributed by atoms with van der Waals surface area (Å²) < 4.78 is 5.24. The van der Waals surface area contributed by atoms with Crippen molar-refractivity contribution in [3.8, 4) is 11.8 Å². The van der Waals surface area contributed by atoms with Crippen LogP contribution in [0.25, 0.3) is 10.8 Å². The van der Waals surface area contributed by atoms with Crippen LogP contribution in [0.1, 0.15) is 36.8 Å². The number of aliphatic hydroxyl groups excluding tert-OH is 1. The van der Waals surface area contributed by atoms with Crippen molar-refractivity contribution in [2.24, 2.45) is 17.8 Å². The number of rotatable bonds is 7. The Balaban J connectivity index is 1.45. The molecule has 2 fully saturated rings. The second-order valence-electron chi connectivity index (χ2n) is 9.60. The largest absolute Gasteiger partial charge is 0.495 e. The van der Waals surface area contributed by atoms with Crippen LogP contribution < -0.4 is 15.0 Å². The molecule has 2 aliphatic rings. The molecule has 7 nitrogen and oxygen atoms in total. The summed E-state index contributed by atoms with van der Waals surface area (Å²) in [7, 11) is 1.59. The third kappa shape index (κ3) is 4.73. The Bertz CT molecular complexity index is 1250. The predicted octanol–water partition coefficient (Wildman–Crippen LogP) is 5.01. The molecular formula is C27H30ClN5O2. The monoisotopic (exact) mass is 491 g/mol. The maximum atomic E-state index is 9.57. The Hall–Kier alpha value is -3.08. The number of aromatic nitrogens is 2. The molecule has 2 N–H and O–H groups in total. The lowest BCUT2D eigenvalue weighted by molar-refractivity contribution is 0.0962. The zero-order chi connectivity index (χ0) is 24.4. The molecule has 5 rings (SSSR count). The third-order valence-electron chi connectivity index (χ3n) is 7.60. The first-order valence-electron chi connectivity index (χ1n) is 12.2. The number of halogens is 1. The van der Waals surface area contributed by atoms with E-state index in [0.29, 0.717) is 46.5 Å². The number of anilines is 2. The van der Waals surface area contributed by atoms with Crippen LogP contribution in [-0.2, 0) is 6.54 Å². The standard InChI is InChI=1S/C27H30ClN5O2/c1-35-25-8-6-18(12-24(25)28)14-30-26-23-11-17(13-29)5-7-22(23)27(32-31-26)33-15-19-3-2-4-20(16-33)21(19)9-10-34/h5-8,11-12,19-21,34H,2-4,9-10,14-16H2,1H3,(H,30,31). The van der Waals surface area contributed by atoms with Crippen molar-refractivity contribution in [1.82, 2.24) is 10.2 Å². The van der Waals surface area contributed by atoms with Gasteiger partial charge in [0.15, 0.2) is 11.6 Å². The van der Waals surface area contributed by atoms with Crippen molar-refractivity contribution >= 4 is 34.0 Å². The minimum atomic E-state index is 0.261. The lowest BCUT2D eigenvalue weighted by Crippen LogP contribution is -2.49. The van der Waals surface area contributed by atoms with Gasteiger partial charge in [-0.3, -0.25) is 0 Å². The highest BCUT2D eigenvalue weighted by Gasteiger charge is 2.39. The third-order valence-corrected chi connectivity index (χ3v) is 7.89. The van der Waals surface area contributed by atoms with Gasteiger partial charge in [0.05, 0.1) is 23.8 Å². The molecule has 1 aliphatic carbocycles. The molecule has 1 saturated heterocycles. The highest BCUT2D eigenvalue weighted by molar-refractivity contribution is 6.32. The van der Waals surface area contributed by atoms with Crippen molar-refractivity contribution in [2.45, 2.75) is 32.2 Å². The first kappa shape index (κ1) is 23.7. The zero-order valence-electron chi connectivity index (χ0n) is 19.9. The first-order valence-corrected chi connectivity index (χ1v) is 12.6. The van der Waals surface area contributed by atoms with Crippen molar-refractivity contribution in [3.63, 3.8) is 0 Å². The summed E-state index contributed by atoms with van der Waals surface area (Å²) in [5.41, 5.74) is 1.58. The maximum absolute atomic E-state index is 9.57. The summed E-state index contributed by atoms with van der Waals surface area (Å²) in [5, 5.41) is 34.2. The Kier molecular flexibility index (Phi) is 6.94. The number of hydrogen-bond donors (Lipinski definition) is 2. The molecule has 0 amide bonds. The van der Waals surface area contributed by atoms with E-state index >= 15 is 0 Å². The summed E-state index contributed by atoms with van der Waals surface area (Å²) in [6, 6.07) is 13.6. The molecule has 2 heterocycles. The smallest absolute Gasteiger partial charge is 0.159 e. The number of hydrogen-bond acceptors (Lipinski definition) is 7. The quantitative estimate of drug-likeness (QED) is 0.479. The van der Waals surface area contributed by atoms with Gasteiger partial charge in [-0.15, -0.1) is 10.2 Å². The van der Waals surface area contributed by atoms with Crippen LogP contribution in [-0.4, -0.2) is 42.1 Å². The van der Waals surface area contributed by atoms with Crippen LogP contribution >= 0.6 is 11.6 Å².